The second kappa shape index (κ2) is 4.24. The first-order chi connectivity index (χ1) is 6.03. The summed E-state index contributed by atoms with van der Waals surface area (Å²) in [4.78, 5) is 4.10. The van der Waals surface area contributed by atoms with Crippen LogP contribution in [0.1, 0.15) is 13.8 Å². The summed E-state index contributed by atoms with van der Waals surface area (Å²) in [7, 11) is 1.73. The molecular formula is C9H15BrN2O. The quantitative estimate of drug-likeness (QED) is 0.816. The number of hydrogen-bond acceptors (Lipinski definition) is 2. The minimum absolute atomic E-state index is 0.148. The summed E-state index contributed by atoms with van der Waals surface area (Å²) in [5, 5.41) is 0. The molecular weight excluding hydrogens is 232 g/mol. The highest BCUT2D eigenvalue weighted by atomic mass is 79.9. The molecule has 0 aliphatic heterocycles. The number of imidazole rings is 1. The van der Waals surface area contributed by atoms with Crippen LogP contribution in [0.3, 0.4) is 0 Å². The molecule has 0 radical (unpaired) electrons. The minimum Gasteiger partial charge on any atom is -0.384 e. The van der Waals surface area contributed by atoms with Gasteiger partial charge in [0.25, 0.3) is 0 Å². The second-order valence-electron chi connectivity index (χ2n) is 3.97. The van der Waals surface area contributed by atoms with E-state index in [-0.39, 0.29) is 5.41 Å². The van der Waals surface area contributed by atoms with Gasteiger partial charge in [-0.05, 0) is 15.9 Å². The molecule has 0 N–H and O–H groups in total. The SMILES string of the molecule is COCC(C)(C)Cn1cnc(Br)c1. The number of rotatable bonds is 4. The van der Waals surface area contributed by atoms with Crippen LogP contribution in [0, 0.1) is 5.41 Å². The Morgan fingerprint density at radius 1 is 1.62 bits per heavy atom. The predicted octanol–water partition coefficient (Wildman–Crippen LogP) is 2.32. The van der Waals surface area contributed by atoms with Gasteiger partial charge in [0, 0.05) is 25.3 Å². The van der Waals surface area contributed by atoms with Crippen LogP contribution in [0.25, 0.3) is 0 Å². The lowest BCUT2D eigenvalue weighted by Gasteiger charge is -2.23. The molecule has 4 heteroatoms. The Morgan fingerprint density at radius 3 is 2.77 bits per heavy atom. The van der Waals surface area contributed by atoms with Crippen LogP contribution in [0.4, 0.5) is 0 Å². The van der Waals surface area contributed by atoms with E-state index in [2.05, 4.69) is 39.3 Å². The summed E-state index contributed by atoms with van der Waals surface area (Å²) in [5.41, 5.74) is 0.148. The van der Waals surface area contributed by atoms with Crippen molar-refractivity contribution in [3.05, 3.63) is 17.1 Å². The number of aromatic nitrogens is 2. The molecule has 0 aromatic carbocycles. The van der Waals surface area contributed by atoms with Crippen molar-refractivity contribution >= 4 is 15.9 Å². The average molecular weight is 247 g/mol. The summed E-state index contributed by atoms with van der Waals surface area (Å²) in [6.45, 7) is 6.01. The van der Waals surface area contributed by atoms with Gasteiger partial charge in [-0.25, -0.2) is 4.98 Å². The topological polar surface area (TPSA) is 27.1 Å². The van der Waals surface area contributed by atoms with Gasteiger partial charge in [-0.3, -0.25) is 0 Å². The second-order valence-corrected chi connectivity index (χ2v) is 4.78. The molecule has 13 heavy (non-hydrogen) atoms. The van der Waals surface area contributed by atoms with Crippen LogP contribution < -0.4 is 0 Å². The fourth-order valence-electron chi connectivity index (χ4n) is 1.35. The van der Waals surface area contributed by atoms with Crippen LogP contribution in [0.5, 0.6) is 0 Å². The highest BCUT2D eigenvalue weighted by molar-refractivity contribution is 9.10. The van der Waals surface area contributed by atoms with Crippen molar-refractivity contribution in [2.24, 2.45) is 5.41 Å². The Bertz CT molecular complexity index is 270. The van der Waals surface area contributed by atoms with Crippen molar-refractivity contribution in [2.45, 2.75) is 20.4 Å². The fourth-order valence-corrected chi connectivity index (χ4v) is 1.70. The van der Waals surface area contributed by atoms with Crippen molar-refractivity contribution in [2.75, 3.05) is 13.7 Å². The van der Waals surface area contributed by atoms with Gasteiger partial charge in [0.05, 0.1) is 12.9 Å². The van der Waals surface area contributed by atoms with Crippen molar-refractivity contribution in [1.29, 1.82) is 0 Å². The lowest BCUT2D eigenvalue weighted by Crippen LogP contribution is -2.24. The summed E-state index contributed by atoms with van der Waals surface area (Å²) in [6, 6.07) is 0. The standard InChI is InChI=1S/C9H15BrN2O/c1-9(2,6-13-3)5-12-4-8(10)11-7-12/h4,7H,5-6H2,1-3H3. The zero-order valence-electron chi connectivity index (χ0n) is 8.25. The van der Waals surface area contributed by atoms with Gasteiger partial charge in [0.1, 0.15) is 4.60 Å². The fraction of sp³-hybridized carbons (Fsp3) is 0.667. The minimum atomic E-state index is 0.148. The lowest BCUT2D eigenvalue weighted by molar-refractivity contribution is 0.0918. The van der Waals surface area contributed by atoms with Gasteiger partial charge in [-0.1, -0.05) is 13.8 Å². The van der Waals surface area contributed by atoms with Crippen LogP contribution in [-0.4, -0.2) is 23.3 Å². The molecule has 1 heterocycles. The average Bonchev–Trinajstić information content (AvgIpc) is 2.34. The highest BCUT2D eigenvalue weighted by Gasteiger charge is 2.18. The largest absolute Gasteiger partial charge is 0.384 e. The molecule has 0 fully saturated rings. The molecule has 0 bridgehead atoms. The van der Waals surface area contributed by atoms with E-state index in [9.17, 15) is 0 Å². The van der Waals surface area contributed by atoms with Gasteiger partial charge in [-0.2, -0.15) is 0 Å². The number of nitrogens with zero attached hydrogens (tertiary/aromatic N) is 2. The van der Waals surface area contributed by atoms with Crippen molar-refractivity contribution in [1.82, 2.24) is 9.55 Å². The van der Waals surface area contributed by atoms with Gasteiger partial charge < -0.3 is 9.30 Å². The molecule has 0 saturated carbocycles. The molecule has 0 unspecified atom stereocenters. The molecule has 0 aliphatic carbocycles. The van der Waals surface area contributed by atoms with Crippen LogP contribution in [-0.2, 0) is 11.3 Å². The number of methoxy groups -OCH3 is 1. The van der Waals surface area contributed by atoms with E-state index in [1.54, 1.807) is 7.11 Å². The Morgan fingerprint density at radius 2 is 2.31 bits per heavy atom. The first-order valence-corrected chi connectivity index (χ1v) is 4.99. The van der Waals surface area contributed by atoms with Crippen LogP contribution in [0.15, 0.2) is 17.1 Å². The van der Waals surface area contributed by atoms with E-state index < -0.39 is 0 Å². The molecule has 0 aliphatic rings. The smallest absolute Gasteiger partial charge is 0.124 e. The molecule has 0 saturated heterocycles. The van der Waals surface area contributed by atoms with Gasteiger partial charge in [0.2, 0.25) is 0 Å². The van der Waals surface area contributed by atoms with Crippen molar-refractivity contribution in [3.8, 4) is 0 Å². The van der Waals surface area contributed by atoms with Gasteiger partial charge in [-0.15, -0.1) is 0 Å². The van der Waals surface area contributed by atoms with E-state index in [0.717, 1.165) is 17.8 Å². The molecule has 0 atom stereocenters. The summed E-state index contributed by atoms with van der Waals surface area (Å²) >= 11 is 3.32. The summed E-state index contributed by atoms with van der Waals surface area (Å²) < 4.78 is 8.07. The molecule has 1 aromatic heterocycles. The summed E-state index contributed by atoms with van der Waals surface area (Å²) in [5.74, 6) is 0. The normalized spacial score (nSPS) is 12.0. The molecule has 1 aromatic rings. The Kier molecular flexibility index (Phi) is 3.50. The monoisotopic (exact) mass is 246 g/mol. The van der Waals surface area contributed by atoms with Gasteiger partial charge >= 0.3 is 0 Å². The lowest BCUT2D eigenvalue weighted by atomic mass is 9.95. The Balaban J connectivity index is 2.57. The van der Waals surface area contributed by atoms with Crippen LogP contribution in [0.2, 0.25) is 0 Å². The Labute approximate surface area is 87.2 Å². The number of halogens is 1. The molecule has 0 amide bonds. The van der Waals surface area contributed by atoms with E-state index >= 15 is 0 Å². The van der Waals surface area contributed by atoms with Gasteiger partial charge in [0.15, 0.2) is 0 Å². The first kappa shape index (κ1) is 10.7. The zero-order valence-corrected chi connectivity index (χ0v) is 9.84. The van der Waals surface area contributed by atoms with E-state index in [0.29, 0.717) is 0 Å². The zero-order chi connectivity index (χ0) is 9.90. The summed E-state index contributed by atoms with van der Waals surface area (Å²) in [6.07, 6.45) is 3.79. The molecule has 74 valence electrons. The first-order valence-electron chi connectivity index (χ1n) is 4.20. The maximum Gasteiger partial charge on any atom is 0.124 e. The maximum absolute atomic E-state index is 5.14. The third-order valence-electron chi connectivity index (χ3n) is 1.75. The highest BCUT2D eigenvalue weighted by Crippen LogP contribution is 2.19. The Hall–Kier alpha value is -0.350. The third kappa shape index (κ3) is 3.48. The van der Waals surface area contributed by atoms with Crippen LogP contribution >= 0.6 is 15.9 Å². The molecule has 1 rings (SSSR count). The van der Waals surface area contributed by atoms with E-state index in [1.165, 1.54) is 0 Å². The maximum atomic E-state index is 5.14. The van der Waals surface area contributed by atoms with Crippen molar-refractivity contribution < 1.29 is 4.74 Å². The number of ether oxygens (including phenoxy) is 1. The van der Waals surface area contributed by atoms with E-state index in [1.807, 2.05) is 12.5 Å². The van der Waals surface area contributed by atoms with E-state index in [4.69, 9.17) is 4.74 Å². The predicted molar refractivity (Wildman–Crippen MR) is 55.6 cm³/mol. The molecule has 3 nitrogen and oxygen atoms in total. The van der Waals surface area contributed by atoms with Crippen molar-refractivity contribution in [3.63, 3.8) is 0 Å². The number of hydrogen-bond donors (Lipinski definition) is 0. The third-order valence-corrected chi connectivity index (χ3v) is 2.16. The molecule has 0 spiro atoms.